The average Bonchev–Trinajstić information content (AvgIpc) is 3.39. The number of ether oxygens (including phenoxy) is 1. The van der Waals surface area contributed by atoms with Gasteiger partial charge in [-0.15, -0.1) is 0 Å². The number of nitrogens with zero attached hydrogens (tertiary/aromatic N) is 2. The summed E-state index contributed by atoms with van der Waals surface area (Å²) >= 11 is 0. The molecule has 1 unspecified atom stereocenters. The van der Waals surface area contributed by atoms with E-state index < -0.39 is 22.2 Å². The van der Waals surface area contributed by atoms with Crippen LogP contribution in [0.2, 0.25) is 0 Å². The minimum absolute atomic E-state index is 0.0222. The van der Waals surface area contributed by atoms with Gasteiger partial charge in [0.15, 0.2) is 4.90 Å². The highest BCUT2D eigenvalue weighted by Gasteiger charge is 2.31. The number of anilines is 1. The van der Waals surface area contributed by atoms with Crippen LogP contribution in [-0.4, -0.2) is 42.0 Å². The van der Waals surface area contributed by atoms with E-state index in [1.165, 1.54) is 21.4 Å². The Morgan fingerprint density at radius 3 is 2.79 bits per heavy atom. The average molecular weight is 418 g/mol. The van der Waals surface area contributed by atoms with Gasteiger partial charge in [-0.2, -0.15) is 5.10 Å². The molecular formula is C19H22N4O5S. The van der Waals surface area contributed by atoms with Gasteiger partial charge in [-0.05, 0) is 66.8 Å². The molecule has 2 aliphatic carbocycles. The number of fused-ring (bicyclic) bond motifs is 4. The van der Waals surface area contributed by atoms with Gasteiger partial charge in [-0.25, -0.2) is 22.6 Å². The SMILES string of the molecule is O=C(Nc1cc2c(c3c1CCC3)CCC2)NS(=O)(=O)c1cnn2c1OCC(O)C2. The molecular weight excluding hydrogens is 396 g/mol. The molecule has 0 radical (unpaired) electrons. The van der Waals surface area contributed by atoms with E-state index in [9.17, 15) is 18.3 Å². The van der Waals surface area contributed by atoms with Crippen molar-refractivity contribution in [2.45, 2.75) is 56.1 Å². The number of benzene rings is 1. The Hall–Kier alpha value is -2.59. The van der Waals surface area contributed by atoms with Crippen molar-refractivity contribution in [3.63, 3.8) is 0 Å². The summed E-state index contributed by atoms with van der Waals surface area (Å²) in [5.41, 5.74) is 5.82. The van der Waals surface area contributed by atoms with Crippen molar-refractivity contribution in [2.75, 3.05) is 11.9 Å². The van der Waals surface area contributed by atoms with Gasteiger partial charge < -0.3 is 15.2 Å². The molecule has 2 aromatic rings. The highest BCUT2D eigenvalue weighted by molar-refractivity contribution is 7.90. The van der Waals surface area contributed by atoms with Crippen molar-refractivity contribution in [3.05, 3.63) is 34.5 Å². The van der Waals surface area contributed by atoms with Gasteiger partial charge in [-0.1, -0.05) is 0 Å². The fourth-order valence-corrected chi connectivity index (χ4v) is 5.57. The van der Waals surface area contributed by atoms with E-state index in [-0.39, 0.29) is 23.9 Å². The predicted octanol–water partition coefficient (Wildman–Crippen LogP) is 1.12. The number of carbonyl (C=O) groups excluding carboxylic acids is 1. The van der Waals surface area contributed by atoms with E-state index in [1.54, 1.807) is 0 Å². The molecule has 0 fully saturated rings. The van der Waals surface area contributed by atoms with E-state index in [0.29, 0.717) is 5.69 Å². The summed E-state index contributed by atoms with van der Waals surface area (Å²) in [5.74, 6) is 0.0222. The molecule has 0 saturated heterocycles. The van der Waals surface area contributed by atoms with Crippen LogP contribution in [0.25, 0.3) is 0 Å². The normalized spacial score (nSPS) is 19.8. The summed E-state index contributed by atoms with van der Waals surface area (Å²) in [6.45, 7) is 0.111. The van der Waals surface area contributed by atoms with E-state index in [2.05, 4.69) is 15.1 Å². The van der Waals surface area contributed by atoms with E-state index in [0.717, 1.165) is 50.3 Å². The lowest BCUT2D eigenvalue weighted by Crippen LogP contribution is -2.35. The molecule has 154 valence electrons. The predicted molar refractivity (Wildman–Crippen MR) is 104 cm³/mol. The third-order valence-electron chi connectivity index (χ3n) is 5.81. The lowest BCUT2D eigenvalue weighted by atomic mass is 9.98. The van der Waals surface area contributed by atoms with Gasteiger partial charge in [0.05, 0.1) is 12.7 Å². The number of carbonyl (C=O) groups is 1. The summed E-state index contributed by atoms with van der Waals surface area (Å²) in [6, 6.07) is 1.18. The second-order valence-electron chi connectivity index (χ2n) is 7.75. The van der Waals surface area contributed by atoms with Gasteiger partial charge in [0.25, 0.3) is 10.0 Å². The van der Waals surface area contributed by atoms with Gasteiger partial charge in [-0.3, -0.25) is 0 Å². The zero-order chi connectivity index (χ0) is 20.2. The highest BCUT2D eigenvalue weighted by atomic mass is 32.2. The Labute approximate surface area is 168 Å². The van der Waals surface area contributed by atoms with E-state index in [4.69, 9.17) is 4.74 Å². The van der Waals surface area contributed by atoms with Gasteiger partial charge in [0.1, 0.15) is 12.7 Å². The topological polar surface area (TPSA) is 123 Å². The van der Waals surface area contributed by atoms with Crippen molar-refractivity contribution in [3.8, 4) is 5.88 Å². The second kappa shape index (κ2) is 6.74. The maximum absolute atomic E-state index is 12.7. The molecule has 29 heavy (non-hydrogen) atoms. The Morgan fingerprint density at radius 2 is 1.93 bits per heavy atom. The molecule has 5 rings (SSSR count). The Kier molecular flexibility index (Phi) is 4.28. The van der Waals surface area contributed by atoms with Crippen LogP contribution in [0, 0.1) is 0 Å². The van der Waals surface area contributed by atoms with Crippen molar-refractivity contribution in [1.29, 1.82) is 0 Å². The number of aliphatic hydroxyl groups is 1. The number of urea groups is 1. The number of aliphatic hydroxyl groups excluding tert-OH is 1. The number of hydrogen-bond acceptors (Lipinski definition) is 6. The van der Waals surface area contributed by atoms with Crippen LogP contribution in [0.5, 0.6) is 5.88 Å². The highest BCUT2D eigenvalue weighted by Crippen LogP contribution is 2.38. The number of sulfonamides is 1. The monoisotopic (exact) mass is 418 g/mol. The molecule has 0 spiro atoms. The fourth-order valence-electron chi connectivity index (χ4n) is 4.59. The molecule has 1 aliphatic heterocycles. The van der Waals surface area contributed by atoms with Crippen LogP contribution >= 0.6 is 0 Å². The zero-order valence-electron chi connectivity index (χ0n) is 15.8. The molecule has 0 bridgehead atoms. The van der Waals surface area contributed by atoms with E-state index in [1.807, 2.05) is 6.07 Å². The maximum Gasteiger partial charge on any atom is 0.333 e. The summed E-state index contributed by atoms with van der Waals surface area (Å²) < 4.78 is 34.0. The third kappa shape index (κ3) is 3.16. The largest absolute Gasteiger partial charge is 0.474 e. The van der Waals surface area contributed by atoms with Crippen LogP contribution in [0.4, 0.5) is 10.5 Å². The molecule has 10 heteroatoms. The van der Waals surface area contributed by atoms with Crippen molar-refractivity contribution in [1.82, 2.24) is 14.5 Å². The number of amides is 2. The number of nitrogens with one attached hydrogen (secondary N) is 2. The van der Waals surface area contributed by atoms with Crippen LogP contribution < -0.4 is 14.8 Å². The maximum atomic E-state index is 12.7. The quantitative estimate of drug-likeness (QED) is 0.687. The Balaban J connectivity index is 1.37. The molecule has 9 nitrogen and oxygen atoms in total. The van der Waals surface area contributed by atoms with Crippen LogP contribution in [-0.2, 0) is 42.3 Å². The Bertz CT molecular complexity index is 1110. The molecule has 0 saturated carbocycles. The first-order valence-electron chi connectivity index (χ1n) is 9.79. The minimum Gasteiger partial charge on any atom is -0.474 e. The number of aromatic nitrogens is 2. The first-order chi connectivity index (χ1) is 13.9. The van der Waals surface area contributed by atoms with E-state index >= 15 is 0 Å². The number of aryl methyl sites for hydroxylation is 1. The molecule has 1 aromatic carbocycles. The summed E-state index contributed by atoms with van der Waals surface area (Å²) in [5, 5.41) is 16.3. The van der Waals surface area contributed by atoms with Crippen LogP contribution in [0.1, 0.15) is 35.1 Å². The standard InChI is InChI=1S/C19H22N4O5S/c24-12-9-23-18(28-10-12)17(8-20-23)29(26,27)22-19(25)21-16-7-11-3-1-4-13(11)14-5-2-6-15(14)16/h7-8,12,24H,1-6,9-10H2,(H2,21,22,25). The summed E-state index contributed by atoms with van der Waals surface area (Å²) in [6.07, 6.45) is 6.51. The number of hydrogen-bond donors (Lipinski definition) is 3. The molecule has 1 atom stereocenters. The van der Waals surface area contributed by atoms with Crippen molar-refractivity contribution in [2.24, 2.45) is 0 Å². The Morgan fingerprint density at radius 1 is 1.17 bits per heavy atom. The van der Waals surface area contributed by atoms with Crippen molar-refractivity contribution >= 4 is 21.7 Å². The van der Waals surface area contributed by atoms with Gasteiger partial charge >= 0.3 is 6.03 Å². The first-order valence-corrected chi connectivity index (χ1v) is 11.3. The summed E-state index contributed by atoms with van der Waals surface area (Å²) in [7, 11) is -4.17. The number of rotatable bonds is 3. The van der Waals surface area contributed by atoms with Gasteiger partial charge in [0.2, 0.25) is 5.88 Å². The van der Waals surface area contributed by atoms with Crippen molar-refractivity contribution < 1.29 is 23.1 Å². The third-order valence-corrected chi connectivity index (χ3v) is 7.12. The lowest BCUT2D eigenvalue weighted by Gasteiger charge is -2.20. The minimum atomic E-state index is -4.17. The first kappa shape index (κ1) is 18.4. The van der Waals surface area contributed by atoms with Crippen LogP contribution in [0.15, 0.2) is 17.2 Å². The second-order valence-corrected chi connectivity index (χ2v) is 9.40. The molecule has 3 N–H and O–H groups in total. The summed E-state index contributed by atoms with van der Waals surface area (Å²) in [4.78, 5) is 12.3. The fraction of sp³-hybridized carbons (Fsp3) is 0.474. The zero-order valence-corrected chi connectivity index (χ0v) is 16.6. The van der Waals surface area contributed by atoms with Gasteiger partial charge in [0, 0.05) is 5.69 Å². The lowest BCUT2D eigenvalue weighted by molar-refractivity contribution is 0.0537. The molecule has 2 heterocycles. The molecule has 2 amide bonds. The molecule has 1 aromatic heterocycles. The molecule has 3 aliphatic rings. The smallest absolute Gasteiger partial charge is 0.333 e. The van der Waals surface area contributed by atoms with Crippen LogP contribution in [0.3, 0.4) is 0 Å².